The van der Waals surface area contributed by atoms with Crippen molar-refractivity contribution in [3.05, 3.63) is 34.9 Å². The van der Waals surface area contributed by atoms with Gasteiger partial charge in [-0.1, -0.05) is 31.6 Å². The maximum absolute atomic E-state index is 13.4. The average molecular weight is 433 g/mol. The van der Waals surface area contributed by atoms with Gasteiger partial charge in [0.25, 0.3) is 0 Å². The standard InChI is InChI=1S/C25H36O6/c1-9-16(6)22(27)30-18-11-15(5)12-20(31-23(28)17(7)10-2)24(8)19(26)13-25(29,14(3)4)21(18)24/h9-10,12,14,18,20-21,29H,11,13H2,1-8H3/b16-9-,17-10-/t18-,20+,21+,24+,25+/m0/s1. The second-order valence-corrected chi connectivity index (χ2v) is 9.44. The Morgan fingerprint density at radius 1 is 1.13 bits per heavy atom. The SMILES string of the molecule is C/C=C(/C)C(=O)O[C@H]1CC(C)=C[C@@H](OC(=O)/C(C)=C\C)[C@@]2(C)C(=O)C[C@@](O)(C(C)C)[C@H]12. The second kappa shape index (κ2) is 9.11. The fourth-order valence-electron chi connectivity index (χ4n) is 4.73. The fraction of sp³-hybridized carbons (Fsp3) is 0.640. The summed E-state index contributed by atoms with van der Waals surface area (Å²) < 4.78 is 11.7. The molecule has 0 aliphatic heterocycles. The quantitative estimate of drug-likeness (QED) is 0.400. The Balaban J connectivity index is 2.62. The van der Waals surface area contributed by atoms with Gasteiger partial charge < -0.3 is 14.6 Å². The molecule has 0 aromatic rings. The molecule has 5 atom stereocenters. The van der Waals surface area contributed by atoms with Crippen molar-refractivity contribution < 1.29 is 29.0 Å². The summed E-state index contributed by atoms with van der Waals surface area (Å²) in [4.78, 5) is 38.6. The van der Waals surface area contributed by atoms with E-state index in [0.29, 0.717) is 17.6 Å². The molecule has 0 saturated heterocycles. The first-order chi connectivity index (χ1) is 14.3. The summed E-state index contributed by atoms with van der Waals surface area (Å²) >= 11 is 0. The van der Waals surface area contributed by atoms with Gasteiger partial charge in [-0.25, -0.2) is 9.59 Å². The molecule has 0 amide bonds. The summed E-state index contributed by atoms with van der Waals surface area (Å²) in [7, 11) is 0. The highest BCUT2D eigenvalue weighted by Crippen LogP contribution is 2.57. The Morgan fingerprint density at radius 2 is 1.65 bits per heavy atom. The van der Waals surface area contributed by atoms with Gasteiger partial charge in [-0.05, 0) is 53.5 Å². The Bertz CT molecular complexity index is 848. The van der Waals surface area contributed by atoms with Crippen LogP contribution in [0.25, 0.3) is 0 Å². The number of carbonyl (C=O) groups excluding carboxylic acids is 3. The van der Waals surface area contributed by atoms with E-state index in [1.54, 1.807) is 52.8 Å². The molecule has 0 unspecified atom stereocenters. The van der Waals surface area contributed by atoms with Crippen LogP contribution in [0.2, 0.25) is 0 Å². The molecule has 0 spiro atoms. The largest absolute Gasteiger partial charge is 0.458 e. The summed E-state index contributed by atoms with van der Waals surface area (Å²) in [5, 5.41) is 11.7. The van der Waals surface area contributed by atoms with Crippen LogP contribution in [-0.2, 0) is 23.9 Å². The summed E-state index contributed by atoms with van der Waals surface area (Å²) in [6.45, 7) is 14.1. The summed E-state index contributed by atoms with van der Waals surface area (Å²) in [5.74, 6) is -2.17. The minimum atomic E-state index is -1.39. The lowest BCUT2D eigenvalue weighted by Gasteiger charge is -2.44. The summed E-state index contributed by atoms with van der Waals surface area (Å²) in [5.41, 5.74) is -0.890. The number of hydrogen-bond acceptors (Lipinski definition) is 6. The molecule has 1 fully saturated rings. The van der Waals surface area contributed by atoms with Gasteiger partial charge in [-0.15, -0.1) is 0 Å². The zero-order chi connectivity index (χ0) is 23.7. The van der Waals surface area contributed by atoms with E-state index in [1.807, 2.05) is 20.8 Å². The molecule has 0 aromatic carbocycles. The highest BCUT2D eigenvalue weighted by molar-refractivity contribution is 5.92. The number of allylic oxidation sites excluding steroid dienone is 2. The van der Waals surface area contributed by atoms with E-state index >= 15 is 0 Å². The molecule has 6 nitrogen and oxygen atoms in total. The van der Waals surface area contributed by atoms with Gasteiger partial charge in [-0.2, -0.15) is 0 Å². The van der Waals surface area contributed by atoms with Crippen molar-refractivity contribution in [3.63, 3.8) is 0 Å². The third kappa shape index (κ3) is 4.40. The third-order valence-corrected chi connectivity index (χ3v) is 7.15. The number of rotatable bonds is 5. The van der Waals surface area contributed by atoms with Gasteiger partial charge in [0, 0.05) is 29.9 Å². The lowest BCUT2D eigenvalue weighted by Crippen LogP contribution is -2.54. The average Bonchev–Trinajstić information content (AvgIpc) is 2.85. The highest BCUT2D eigenvalue weighted by atomic mass is 16.6. The first kappa shape index (κ1) is 25.1. The van der Waals surface area contributed by atoms with Gasteiger partial charge >= 0.3 is 11.9 Å². The molecule has 0 radical (unpaired) electrons. The van der Waals surface area contributed by atoms with Crippen molar-refractivity contribution in [1.29, 1.82) is 0 Å². The third-order valence-electron chi connectivity index (χ3n) is 7.15. The molecule has 0 bridgehead atoms. The predicted octanol–water partition coefficient (Wildman–Crippen LogP) is 4.07. The zero-order valence-corrected chi connectivity index (χ0v) is 19.9. The van der Waals surface area contributed by atoms with E-state index < -0.39 is 41.1 Å². The number of fused-ring (bicyclic) bond motifs is 1. The van der Waals surface area contributed by atoms with Crippen LogP contribution in [0.4, 0.5) is 0 Å². The molecule has 172 valence electrons. The number of esters is 2. The molecule has 1 saturated carbocycles. The van der Waals surface area contributed by atoms with Crippen LogP contribution in [0.1, 0.15) is 68.2 Å². The minimum Gasteiger partial charge on any atom is -0.458 e. The summed E-state index contributed by atoms with van der Waals surface area (Å²) in [6, 6.07) is 0. The number of ether oxygens (including phenoxy) is 2. The van der Waals surface area contributed by atoms with Crippen LogP contribution < -0.4 is 0 Å². The molecular weight excluding hydrogens is 396 g/mol. The molecule has 6 heteroatoms. The van der Waals surface area contributed by atoms with E-state index in [9.17, 15) is 19.5 Å². The van der Waals surface area contributed by atoms with Crippen molar-refractivity contribution >= 4 is 17.7 Å². The van der Waals surface area contributed by atoms with Gasteiger partial charge in [-0.3, -0.25) is 4.79 Å². The number of carbonyl (C=O) groups is 3. The van der Waals surface area contributed by atoms with E-state index in [1.165, 1.54) is 0 Å². The van der Waals surface area contributed by atoms with Crippen LogP contribution in [0, 0.1) is 17.3 Å². The number of hydrogen-bond donors (Lipinski definition) is 1. The van der Waals surface area contributed by atoms with E-state index in [0.717, 1.165) is 5.57 Å². The fourth-order valence-corrected chi connectivity index (χ4v) is 4.73. The van der Waals surface area contributed by atoms with Crippen LogP contribution in [0.5, 0.6) is 0 Å². The predicted molar refractivity (Wildman–Crippen MR) is 118 cm³/mol. The first-order valence-corrected chi connectivity index (χ1v) is 10.9. The van der Waals surface area contributed by atoms with Crippen LogP contribution >= 0.6 is 0 Å². The van der Waals surface area contributed by atoms with Crippen molar-refractivity contribution in [2.45, 2.75) is 86.0 Å². The van der Waals surface area contributed by atoms with Crippen molar-refractivity contribution in [1.82, 2.24) is 0 Å². The molecule has 31 heavy (non-hydrogen) atoms. The monoisotopic (exact) mass is 432 g/mol. The first-order valence-electron chi connectivity index (χ1n) is 10.9. The van der Waals surface area contributed by atoms with Crippen molar-refractivity contribution in [2.75, 3.05) is 0 Å². The van der Waals surface area contributed by atoms with E-state index in [-0.39, 0.29) is 18.1 Å². The lowest BCUT2D eigenvalue weighted by atomic mass is 9.66. The number of Topliss-reactive ketones (excluding diaryl/α,β-unsaturated/α-hetero) is 1. The van der Waals surface area contributed by atoms with Gasteiger partial charge in [0.1, 0.15) is 18.0 Å². The van der Waals surface area contributed by atoms with Crippen molar-refractivity contribution in [2.24, 2.45) is 17.3 Å². The van der Waals surface area contributed by atoms with Crippen molar-refractivity contribution in [3.8, 4) is 0 Å². The smallest absolute Gasteiger partial charge is 0.333 e. The molecular formula is C25H36O6. The van der Waals surface area contributed by atoms with Gasteiger partial charge in [0.05, 0.1) is 11.0 Å². The minimum absolute atomic E-state index is 0.0774. The molecule has 2 aliphatic rings. The Hall–Kier alpha value is -2.21. The Kier molecular flexibility index (Phi) is 7.36. The van der Waals surface area contributed by atoms with E-state index in [2.05, 4.69) is 0 Å². The lowest BCUT2D eigenvalue weighted by molar-refractivity contribution is -0.174. The van der Waals surface area contributed by atoms with Crippen LogP contribution in [0.15, 0.2) is 34.9 Å². The zero-order valence-electron chi connectivity index (χ0n) is 19.9. The van der Waals surface area contributed by atoms with Crippen LogP contribution in [-0.4, -0.2) is 40.6 Å². The van der Waals surface area contributed by atoms with Gasteiger partial charge in [0.15, 0.2) is 0 Å². The number of aliphatic hydroxyl groups is 1. The maximum atomic E-state index is 13.4. The molecule has 2 aliphatic carbocycles. The molecule has 2 rings (SSSR count). The summed E-state index contributed by atoms with van der Waals surface area (Å²) in [6.07, 6.45) is 3.77. The van der Waals surface area contributed by atoms with Crippen LogP contribution in [0.3, 0.4) is 0 Å². The van der Waals surface area contributed by atoms with E-state index in [4.69, 9.17) is 9.47 Å². The second-order valence-electron chi connectivity index (χ2n) is 9.44. The Labute approximate surface area is 185 Å². The maximum Gasteiger partial charge on any atom is 0.333 e. The van der Waals surface area contributed by atoms with Gasteiger partial charge in [0.2, 0.25) is 0 Å². The normalized spacial score (nSPS) is 34.2. The number of ketones is 1. The molecule has 1 N–H and O–H groups in total. The molecule has 0 heterocycles. The molecule has 0 aromatic heterocycles. The topological polar surface area (TPSA) is 89.9 Å². The Morgan fingerprint density at radius 3 is 2.13 bits per heavy atom. The highest BCUT2D eigenvalue weighted by Gasteiger charge is 2.67.